The van der Waals surface area contributed by atoms with Gasteiger partial charge in [0.15, 0.2) is 0 Å². The Hall–Kier alpha value is -0.313. The summed E-state index contributed by atoms with van der Waals surface area (Å²) in [6, 6.07) is 10.4. The second kappa shape index (κ2) is 5.35. The topological polar surface area (TPSA) is 9.23 Å². The van der Waals surface area contributed by atoms with Gasteiger partial charge in [0.2, 0.25) is 0 Å². The van der Waals surface area contributed by atoms with Crippen LogP contribution in [0.3, 0.4) is 0 Å². The van der Waals surface area contributed by atoms with Gasteiger partial charge >= 0.3 is 0 Å². The van der Waals surface area contributed by atoms with Gasteiger partial charge in [0.05, 0.1) is 15.2 Å². The molecule has 1 atom stereocenters. The summed E-state index contributed by atoms with van der Waals surface area (Å²) in [5.41, 5.74) is 0.272. The fraction of sp³-hybridized carbons (Fsp3) is 0.333. The first-order valence-corrected chi connectivity index (χ1v) is 6.05. The number of hydrogen-bond donors (Lipinski definition) is 0. The van der Waals surface area contributed by atoms with Gasteiger partial charge in [0.25, 0.3) is 0 Å². The molecular formula is C9H13ClOSi. The van der Waals surface area contributed by atoms with E-state index in [0.717, 1.165) is 0 Å². The number of hydrogen-bond acceptors (Lipinski definition) is 1. The number of halogens is 1. The van der Waals surface area contributed by atoms with Crippen LogP contribution in [0.25, 0.3) is 0 Å². The second-order valence-corrected chi connectivity index (χ2v) is 5.15. The molecule has 0 N–H and O–H groups in total. The maximum atomic E-state index is 5.73. The average Bonchev–Trinajstić information content (AvgIpc) is 2.16. The van der Waals surface area contributed by atoms with Crippen molar-refractivity contribution in [2.45, 2.75) is 5.73 Å². The molecule has 0 aliphatic carbocycles. The Morgan fingerprint density at radius 2 is 2.08 bits per heavy atom. The van der Waals surface area contributed by atoms with Crippen molar-refractivity contribution < 1.29 is 4.74 Å². The summed E-state index contributed by atoms with van der Waals surface area (Å²) in [6.45, 7) is 0. The van der Waals surface area contributed by atoms with Gasteiger partial charge in [-0.1, -0.05) is 35.5 Å². The van der Waals surface area contributed by atoms with Crippen LogP contribution in [0, 0.1) is 0 Å². The molecule has 1 nitrogen and oxygen atoms in total. The first-order chi connectivity index (χ1) is 5.86. The lowest BCUT2D eigenvalue weighted by Gasteiger charge is -2.10. The highest BCUT2D eigenvalue weighted by atomic mass is 35.5. The summed E-state index contributed by atoms with van der Waals surface area (Å²) in [4.78, 5) is 0. The van der Waals surface area contributed by atoms with Gasteiger partial charge in [-0.2, -0.15) is 0 Å². The molecule has 0 aliphatic rings. The summed E-state index contributed by atoms with van der Waals surface area (Å²) in [5.74, 6) is 0.609. The molecule has 0 radical (unpaired) electrons. The van der Waals surface area contributed by atoms with E-state index in [1.54, 1.807) is 7.11 Å². The number of ether oxygens (including phenoxy) is 1. The Bertz CT molecular complexity index is 211. The lowest BCUT2D eigenvalue weighted by molar-refractivity contribution is 0.182. The third kappa shape index (κ3) is 2.97. The number of benzene rings is 1. The lowest BCUT2D eigenvalue weighted by atomic mass is 10.4. The van der Waals surface area contributed by atoms with Crippen molar-refractivity contribution in [2.24, 2.45) is 0 Å². The van der Waals surface area contributed by atoms with Crippen molar-refractivity contribution in [2.75, 3.05) is 13.0 Å². The Labute approximate surface area is 80.5 Å². The molecule has 1 aromatic rings. The average molecular weight is 201 g/mol. The fourth-order valence-corrected chi connectivity index (χ4v) is 2.88. The zero-order chi connectivity index (χ0) is 8.81. The summed E-state index contributed by atoms with van der Waals surface area (Å²) < 4.78 is 5.23. The van der Waals surface area contributed by atoms with Gasteiger partial charge in [-0.15, -0.1) is 11.6 Å². The van der Waals surface area contributed by atoms with Crippen LogP contribution in [0.4, 0.5) is 0 Å². The first-order valence-electron chi connectivity index (χ1n) is 3.99. The van der Waals surface area contributed by atoms with Gasteiger partial charge in [0, 0.05) is 13.0 Å². The molecule has 0 bridgehead atoms. The highest BCUT2D eigenvalue weighted by Gasteiger charge is 2.06. The smallest absolute Gasteiger partial charge is 0.0902 e. The predicted octanol–water partition coefficient (Wildman–Crippen LogP) is 0.692. The van der Waals surface area contributed by atoms with Crippen molar-refractivity contribution in [3.63, 3.8) is 0 Å². The molecule has 1 unspecified atom stereocenters. The van der Waals surface area contributed by atoms with Crippen LogP contribution < -0.4 is 5.19 Å². The minimum absolute atomic E-state index is 0.272. The van der Waals surface area contributed by atoms with E-state index in [1.165, 1.54) is 5.19 Å². The van der Waals surface area contributed by atoms with Gasteiger partial charge < -0.3 is 4.74 Å². The Morgan fingerprint density at radius 3 is 2.58 bits per heavy atom. The molecule has 66 valence electrons. The highest BCUT2D eigenvalue weighted by Crippen LogP contribution is 1.92. The normalized spacial score (nSPS) is 13.8. The number of alkyl halides is 1. The molecule has 3 heteroatoms. The van der Waals surface area contributed by atoms with Gasteiger partial charge in [0.1, 0.15) is 0 Å². The van der Waals surface area contributed by atoms with E-state index in [4.69, 9.17) is 16.3 Å². The van der Waals surface area contributed by atoms with E-state index in [2.05, 4.69) is 24.3 Å². The Balaban J connectivity index is 2.51. The lowest BCUT2D eigenvalue weighted by Crippen LogP contribution is -2.30. The SMILES string of the molecule is COC(CCl)[SiH2]c1ccccc1. The maximum absolute atomic E-state index is 5.73. The molecule has 0 amide bonds. The van der Waals surface area contributed by atoms with Crippen LogP contribution in [0.5, 0.6) is 0 Å². The Morgan fingerprint density at radius 1 is 1.42 bits per heavy atom. The van der Waals surface area contributed by atoms with Gasteiger partial charge in [-0.3, -0.25) is 0 Å². The summed E-state index contributed by atoms with van der Waals surface area (Å²) in [5, 5.41) is 1.41. The zero-order valence-corrected chi connectivity index (χ0v) is 9.33. The zero-order valence-electron chi connectivity index (χ0n) is 7.16. The van der Waals surface area contributed by atoms with E-state index in [-0.39, 0.29) is 15.2 Å². The summed E-state index contributed by atoms with van der Waals surface area (Å²) in [7, 11) is 1.37. The van der Waals surface area contributed by atoms with Gasteiger partial charge in [-0.25, -0.2) is 0 Å². The molecule has 1 rings (SSSR count). The van der Waals surface area contributed by atoms with Crippen molar-refractivity contribution in [3.8, 4) is 0 Å². The molecule has 0 saturated carbocycles. The molecule has 0 aliphatic heterocycles. The van der Waals surface area contributed by atoms with Crippen LogP contribution in [-0.4, -0.2) is 28.2 Å². The van der Waals surface area contributed by atoms with E-state index in [0.29, 0.717) is 5.88 Å². The van der Waals surface area contributed by atoms with Crippen LogP contribution in [0.2, 0.25) is 0 Å². The second-order valence-electron chi connectivity index (χ2n) is 2.70. The van der Waals surface area contributed by atoms with E-state index in [1.807, 2.05) is 6.07 Å². The van der Waals surface area contributed by atoms with Crippen molar-refractivity contribution in [3.05, 3.63) is 30.3 Å². The molecular weight excluding hydrogens is 188 g/mol. The summed E-state index contributed by atoms with van der Waals surface area (Å²) in [6.07, 6.45) is 0. The minimum Gasteiger partial charge on any atom is -0.384 e. The molecule has 0 saturated heterocycles. The molecule has 0 spiro atoms. The van der Waals surface area contributed by atoms with Crippen LogP contribution in [0.1, 0.15) is 0 Å². The van der Waals surface area contributed by atoms with Gasteiger partial charge in [-0.05, 0) is 0 Å². The van der Waals surface area contributed by atoms with Crippen molar-refractivity contribution in [1.82, 2.24) is 0 Å². The van der Waals surface area contributed by atoms with Crippen LogP contribution in [0.15, 0.2) is 30.3 Å². The van der Waals surface area contributed by atoms with E-state index < -0.39 is 0 Å². The maximum Gasteiger partial charge on any atom is 0.0902 e. The summed E-state index contributed by atoms with van der Waals surface area (Å²) >= 11 is 5.73. The van der Waals surface area contributed by atoms with E-state index >= 15 is 0 Å². The monoisotopic (exact) mass is 200 g/mol. The largest absolute Gasteiger partial charge is 0.384 e. The molecule has 0 heterocycles. The molecule has 0 fully saturated rings. The fourth-order valence-electron chi connectivity index (χ4n) is 1.08. The number of methoxy groups -OCH3 is 1. The predicted molar refractivity (Wildman–Crippen MR) is 56.1 cm³/mol. The Kier molecular flexibility index (Phi) is 4.36. The number of rotatable bonds is 4. The van der Waals surface area contributed by atoms with Crippen molar-refractivity contribution >= 4 is 26.3 Å². The van der Waals surface area contributed by atoms with E-state index in [9.17, 15) is 0 Å². The minimum atomic E-state index is -0.352. The van der Waals surface area contributed by atoms with Crippen molar-refractivity contribution in [1.29, 1.82) is 0 Å². The molecule has 1 aromatic carbocycles. The van der Waals surface area contributed by atoms with Crippen LogP contribution >= 0.6 is 11.6 Å². The first kappa shape index (κ1) is 9.77. The quantitative estimate of drug-likeness (QED) is 0.514. The standard InChI is InChI=1S/C9H13ClOSi/c1-11-9(7-10)12-8-5-3-2-4-6-8/h2-6,9H,7,12H2,1H3. The molecule has 12 heavy (non-hydrogen) atoms. The molecule has 0 aromatic heterocycles. The third-order valence-electron chi connectivity index (χ3n) is 1.81. The van der Waals surface area contributed by atoms with Crippen LogP contribution in [-0.2, 0) is 4.74 Å². The highest BCUT2D eigenvalue weighted by molar-refractivity contribution is 6.55. The third-order valence-corrected chi connectivity index (χ3v) is 4.54.